The Balaban J connectivity index is 1.41. The molecule has 148 valence electrons. The fraction of sp³-hybridized carbons (Fsp3) is 0.600. The number of hydrogen-bond donors (Lipinski definition) is 1. The van der Waals surface area contributed by atoms with Crippen molar-refractivity contribution in [2.45, 2.75) is 44.1 Å². The molecule has 2 amide bonds. The summed E-state index contributed by atoms with van der Waals surface area (Å²) in [5.74, 6) is 0.417. The van der Waals surface area contributed by atoms with Crippen LogP contribution in [-0.2, 0) is 23.8 Å². The van der Waals surface area contributed by atoms with Crippen LogP contribution >= 0.6 is 0 Å². The molecule has 0 bridgehead atoms. The van der Waals surface area contributed by atoms with E-state index in [2.05, 4.69) is 20.0 Å². The van der Waals surface area contributed by atoms with Crippen molar-refractivity contribution in [3.05, 3.63) is 35.7 Å². The van der Waals surface area contributed by atoms with E-state index >= 15 is 0 Å². The van der Waals surface area contributed by atoms with E-state index in [4.69, 9.17) is 0 Å². The SMILES string of the molecule is Cn1ccc(C(=O)N2CCC3(CC2)c2nc[nH]c2CCN3C(=O)C2CCC2)n1. The number of aromatic nitrogens is 4. The fourth-order valence-corrected chi connectivity index (χ4v) is 4.95. The van der Waals surface area contributed by atoms with Gasteiger partial charge in [-0.05, 0) is 31.7 Å². The highest BCUT2D eigenvalue weighted by Crippen LogP contribution is 2.44. The van der Waals surface area contributed by atoms with Gasteiger partial charge in [0.15, 0.2) is 0 Å². The van der Waals surface area contributed by atoms with Crippen LogP contribution in [0.15, 0.2) is 18.6 Å². The van der Waals surface area contributed by atoms with Crippen molar-refractivity contribution in [2.24, 2.45) is 13.0 Å². The van der Waals surface area contributed by atoms with E-state index in [1.165, 1.54) is 0 Å². The summed E-state index contributed by atoms with van der Waals surface area (Å²) in [7, 11) is 1.81. The van der Waals surface area contributed by atoms with E-state index in [0.717, 1.165) is 56.5 Å². The lowest BCUT2D eigenvalue weighted by Gasteiger charge is -2.51. The molecule has 1 spiro atoms. The van der Waals surface area contributed by atoms with Crippen LogP contribution in [0.2, 0.25) is 0 Å². The highest BCUT2D eigenvalue weighted by Gasteiger charge is 2.50. The standard InChI is InChI=1S/C20H26N6O2/c1-24-9-5-16(23-24)19(28)25-11-7-20(8-12-25)17-15(21-13-22-17)6-10-26(20)18(27)14-3-2-4-14/h5,9,13-14H,2-4,6-8,10-12H2,1H3,(H,21,22). The molecular weight excluding hydrogens is 356 g/mol. The molecule has 1 aliphatic carbocycles. The van der Waals surface area contributed by atoms with Gasteiger partial charge in [-0.15, -0.1) is 0 Å². The van der Waals surface area contributed by atoms with Gasteiger partial charge in [-0.3, -0.25) is 14.3 Å². The number of rotatable bonds is 2. The van der Waals surface area contributed by atoms with Gasteiger partial charge in [-0.2, -0.15) is 5.10 Å². The van der Waals surface area contributed by atoms with Gasteiger partial charge in [-0.1, -0.05) is 6.42 Å². The minimum atomic E-state index is -0.388. The van der Waals surface area contributed by atoms with E-state index in [9.17, 15) is 9.59 Å². The van der Waals surface area contributed by atoms with Gasteiger partial charge in [0.05, 0.1) is 17.6 Å². The summed E-state index contributed by atoms with van der Waals surface area (Å²) >= 11 is 0. The Bertz CT molecular complexity index is 903. The van der Waals surface area contributed by atoms with E-state index < -0.39 is 0 Å². The Hall–Kier alpha value is -2.64. The molecule has 3 aliphatic rings. The van der Waals surface area contributed by atoms with Crippen LogP contribution < -0.4 is 0 Å². The zero-order valence-electron chi connectivity index (χ0n) is 16.2. The number of aromatic amines is 1. The predicted molar refractivity (Wildman–Crippen MR) is 101 cm³/mol. The van der Waals surface area contributed by atoms with Crippen molar-refractivity contribution in [1.82, 2.24) is 29.5 Å². The van der Waals surface area contributed by atoms with E-state index in [1.807, 2.05) is 11.9 Å². The quantitative estimate of drug-likeness (QED) is 0.852. The molecular formula is C20H26N6O2. The molecule has 2 aliphatic heterocycles. The first-order valence-electron chi connectivity index (χ1n) is 10.2. The molecule has 2 aromatic heterocycles. The first-order chi connectivity index (χ1) is 13.6. The fourth-order valence-electron chi connectivity index (χ4n) is 4.95. The lowest BCUT2D eigenvalue weighted by atomic mass is 9.76. The summed E-state index contributed by atoms with van der Waals surface area (Å²) in [6.07, 6.45) is 8.96. The maximum atomic E-state index is 13.2. The van der Waals surface area contributed by atoms with Gasteiger partial charge in [0.1, 0.15) is 5.69 Å². The van der Waals surface area contributed by atoms with Crippen LogP contribution in [0.25, 0.3) is 0 Å². The first kappa shape index (κ1) is 17.5. The van der Waals surface area contributed by atoms with Crippen LogP contribution in [0.5, 0.6) is 0 Å². The van der Waals surface area contributed by atoms with E-state index in [1.54, 1.807) is 23.3 Å². The van der Waals surface area contributed by atoms with Crippen LogP contribution in [0, 0.1) is 5.92 Å². The van der Waals surface area contributed by atoms with Crippen molar-refractivity contribution in [3.8, 4) is 0 Å². The third kappa shape index (κ3) is 2.57. The van der Waals surface area contributed by atoms with Crippen LogP contribution in [0.3, 0.4) is 0 Å². The van der Waals surface area contributed by atoms with E-state index in [-0.39, 0.29) is 23.3 Å². The molecule has 28 heavy (non-hydrogen) atoms. The monoisotopic (exact) mass is 382 g/mol. The molecule has 8 nitrogen and oxygen atoms in total. The van der Waals surface area contributed by atoms with Gasteiger partial charge in [0, 0.05) is 50.9 Å². The number of hydrogen-bond acceptors (Lipinski definition) is 4. The van der Waals surface area contributed by atoms with Crippen molar-refractivity contribution in [2.75, 3.05) is 19.6 Å². The number of nitrogens with zero attached hydrogens (tertiary/aromatic N) is 5. The molecule has 0 unspecified atom stereocenters. The van der Waals surface area contributed by atoms with Gasteiger partial charge in [0.25, 0.3) is 5.91 Å². The summed E-state index contributed by atoms with van der Waals surface area (Å²) in [6, 6.07) is 1.76. The third-order valence-electron chi connectivity index (χ3n) is 6.79. The van der Waals surface area contributed by atoms with Gasteiger partial charge in [0.2, 0.25) is 5.91 Å². The summed E-state index contributed by atoms with van der Waals surface area (Å²) in [6.45, 7) is 1.95. The zero-order chi connectivity index (χ0) is 19.3. The first-order valence-corrected chi connectivity index (χ1v) is 10.2. The normalized spacial score (nSPS) is 21.5. The highest BCUT2D eigenvalue weighted by atomic mass is 16.2. The van der Waals surface area contributed by atoms with Crippen molar-refractivity contribution >= 4 is 11.8 Å². The minimum Gasteiger partial charge on any atom is -0.348 e. The number of carbonyl (C=O) groups is 2. The predicted octanol–water partition coefficient (Wildman–Crippen LogP) is 1.46. The summed E-state index contributed by atoms with van der Waals surface area (Å²) < 4.78 is 1.65. The average Bonchev–Trinajstić information content (AvgIpc) is 3.30. The highest BCUT2D eigenvalue weighted by molar-refractivity contribution is 5.92. The van der Waals surface area contributed by atoms with Crippen LogP contribution in [-0.4, -0.2) is 61.0 Å². The second kappa shape index (κ2) is 6.46. The maximum Gasteiger partial charge on any atom is 0.274 e. The van der Waals surface area contributed by atoms with Crippen LogP contribution in [0.4, 0.5) is 0 Å². The molecule has 8 heteroatoms. The van der Waals surface area contributed by atoms with Gasteiger partial charge in [-0.25, -0.2) is 4.98 Å². The Morgan fingerprint density at radius 2 is 2.00 bits per heavy atom. The molecule has 5 rings (SSSR count). The Kier molecular flexibility index (Phi) is 4.03. The molecule has 2 aromatic rings. The second-order valence-corrected chi connectivity index (χ2v) is 8.30. The lowest BCUT2D eigenvalue weighted by molar-refractivity contribution is -0.148. The summed E-state index contributed by atoms with van der Waals surface area (Å²) in [5.41, 5.74) is 2.24. The van der Waals surface area contributed by atoms with E-state index in [0.29, 0.717) is 18.8 Å². The summed E-state index contributed by atoms with van der Waals surface area (Å²) in [4.78, 5) is 37.9. The number of imidazole rings is 1. The van der Waals surface area contributed by atoms with Crippen molar-refractivity contribution < 1.29 is 9.59 Å². The molecule has 0 aromatic carbocycles. The molecule has 1 N–H and O–H groups in total. The average molecular weight is 382 g/mol. The smallest absolute Gasteiger partial charge is 0.274 e. The number of piperidine rings is 1. The number of carbonyl (C=O) groups excluding carboxylic acids is 2. The number of fused-ring (bicyclic) bond motifs is 2. The number of nitrogens with one attached hydrogen (secondary N) is 1. The topological polar surface area (TPSA) is 87.1 Å². The molecule has 0 atom stereocenters. The summed E-state index contributed by atoms with van der Waals surface area (Å²) in [5, 5.41) is 4.25. The minimum absolute atomic E-state index is 0.0367. The number of H-pyrrole nitrogens is 1. The Morgan fingerprint density at radius 3 is 2.64 bits per heavy atom. The van der Waals surface area contributed by atoms with Crippen molar-refractivity contribution in [3.63, 3.8) is 0 Å². The Morgan fingerprint density at radius 1 is 1.21 bits per heavy atom. The molecule has 2 fully saturated rings. The molecule has 1 saturated heterocycles. The molecule has 1 saturated carbocycles. The van der Waals surface area contributed by atoms with Crippen LogP contribution in [0.1, 0.15) is 54.0 Å². The zero-order valence-corrected chi connectivity index (χ0v) is 16.2. The number of amides is 2. The Labute approximate surface area is 163 Å². The third-order valence-corrected chi connectivity index (χ3v) is 6.79. The largest absolute Gasteiger partial charge is 0.348 e. The number of aryl methyl sites for hydroxylation is 1. The van der Waals surface area contributed by atoms with Crippen molar-refractivity contribution in [1.29, 1.82) is 0 Å². The second-order valence-electron chi connectivity index (χ2n) is 8.30. The van der Waals surface area contributed by atoms with Gasteiger partial charge < -0.3 is 14.8 Å². The maximum absolute atomic E-state index is 13.2. The lowest BCUT2D eigenvalue weighted by Crippen LogP contribution is -2.60. The number of likely N-dealkylation sites (tertiary alicyclic amines) is 1. The van der Waals surface area contributed by atoms with Gasteiger partial charge >= 0.3 is 0 Å². The molecule has 4 heterocycles. The molecule has 0 radical (unpaired) electrons.